The van der Waals surface area contributed by atoms with Crippen LogP contribution in [-0.2, 0) is 15.6 Å². The summed E-state index contributed by atoms with van der Waals surface area (Å²) < 4.78 is 26.0. The van der Waals surface area contributed by atoms with Crippen LogP contribution >= 0.6 is 0 Å². The first kappa shape index (κ1) is 15.2. The summed E-state index contributed by atoms with van der Waals surface area (Å²) in [4.78, 5) is 12.3. The number of carbonyl (C=O) groups excluding carboxylic acids is 1. The molecular formula is C16H18N4O3S. The number of urea groups is 1. The van der Waals surface area contributed by atoms with Crippen molar-refractivity contribution in [3.8, 4) is 0 Å². The molecule has 1 aliphatic carbocycles. The molecular weight excluding hydrogens is 328 g/mol. The largest absolute Gasteiger partial charge is 0.330 e. The molecule has 0 saturated heterocycles. The molecule has 1 saturated carbocycles. The van der Waals surface area contributed by atoms with Crippen LogP contribution in [0, 0.1) is 0 Å². The molecule has 1 atom stereocenters. The topological polar surface area (TPSA) is 93.1 Å². The quantitative estimate of drug-likeness (QED) is 0.889. The normalized spacial score (nSPS) is 21.8. The van der Waals surface area contributed by atoms with Gasteiger partial charge in [0.05, 0.1) is 29.8 Å². The molecule has 7 nitrogen and oxygen atoms in total. The predicted octanol–water partition coefficient (Wildman–Crippen LogP) is 2.01. The zero-order chi connectivity index (χ0) is 16.7. The van der Waals surface area contributed by atoms with Crippen molar-refractivity contribution in [3.05, 3.63) is 47.7 Å². The molecule has 0 spiro atoms. The number of carbonyl (C=O) groups is 1. The third-order valence-electron chi connectivity index (χ3n) is 4.34. The number of rotatable bonds is 3. The standard InChI is InChI=1S/C16H18N4O3S/c21-16(19-15-7-8-17-20(15)12-5-6-12)18-14-10-24(22,23)9-11-3-1-2-4-13(11)14/h1-4,7-8,12,14H,5-6,9-10H2,(H2,18,19,21). The van der Waals surface area contributed by atoms with Gasteiger partial charge in [-0.1, -0.05) is 24.3 Å². The van der Waals surface area contributed by atoms with Gasteiger partial charge in [-0.15, -0.1) is 0 Å². The van der Waals surface area contributed by atoms with Gasteiger partial charge in [-0.05, 0) is 24.0 Å². The van der Waals surface area contributed by atoms with Crippen molar-refractivity contribution in [3.63, 3.8) is 0 Å². The zero-order valence-corrected chi connectivity index (χ0v) is 13.8. The summed E-state index contributed by atoms with van der Waals surface area (Å²) >= 11 is 0. The summed E-state index contributed by atoms with van der Waals surface area (Å²) in [6.07, 6.45) is 3.77. The van der Waals surface area contributed by atoms with Crippen molar-refractivity contribution in [2.24, 2.45) is 0 Å². The highest BCUT2D eigenvalue weighted by atomic mass is 32.2. The highest BCUT2D eigenvalue weighted by Crippen LogP contribution is 2.36. The van der Waals surface area contributed by atoms with Crippen LogP contribution < -0.4 is 10.6 Å². The number of benzene rings is 1. The number of nitrogens with one attached hydrogen (secondary N) is 2. The molecule has 1 aromatic carbocycles. The van der Waals surface area contributed by atoms with E-state index >= 15 is 0 Å². The molecule has 2 aliphatic rings. The fourth-order valence-corrected chi connectivity index (χ4v) is 4.72. The highest BCUT2D eigenvalue weighted by Gasteiger charge is 2.31. The number of sulfone groups is 1. The van der Waals surface area contributed by atoms with Gasteiger partial charge in [0.15, 0.2) is 9.84 Å². The Kier molecular flexibility index (Phi) is 3.56. The minimum absolute atomic E-state index is 0.0252. The van der Waals surface area contributed by atoms with E-state index in [0.29, 0.717) is 11.9 Å². The van der Waals surface area contributed by atoms with Gasteiger partial charge in [0, 0.05) is 6.07 Å². The minimum atomic E-state index is -3.22. The van der Waals surface area contributed by atoms with Gasteiger partial charge in [0.2, 0.25) is 0 Å². The fourth-order valence-electron chi connectivity index (χ4n) is 3.10. The van der Waals surface area contributed by atoms with E-state index in [4.69, 9.17) is 0 Å². The van der Waals surface area contributed by atoms with Gasteiger partial charge < -0.3 is 5.32 Å². The number of nitrogens with zero attached hydrogens (tertiary/aromatic N) is 2. The Morgan fingerprint density at radius 3 is 2.79 bits per heavy atom. The van der Waals surface area contributed by atoms with Gasteiger partial charge in [0.25, 0.3) is 0 Å². The second-order valence-electron chi connectivity index (χ2n) is 6.30. The van der Waals surface area contributed by atoms with E-state index in [1.807, 2.05) is 18.2 Å². The van der Waals surface area contributed by atoms with E-state index in [9.17, 15) is 13.2 Å². The van der Waals surface area contributed by atoms with E-state index in [2.05, 4.69) is 15.7 Å². The molecule has 4 rings (SSSR count). The van der Waals surface area contributed by atoms with Crippen LogP contribution in [0.5, 0.6) is 0 Å². The first-order chi connectivity index (χ1) is 11.5. The lowest BCUT2D eigenvalue weighted by Crippen LogP contribution is -2.39. The molecule has 2 heterocycles. The molecule has 0 radical (unpaired) electrons. The summed E-state index contributed by atoms with van der Waals surface area (Å²) in [7, 11) is -3.22. The molecule has 1 aliphatic heterocycles. The number of amides is 2. The molecule has 0 bridgehead atoms. The van der Waals surface area contributed by atoms with Crippen LogP contribution in [0.3, 0.4) is 0 Å². The maximum Gasteiger partial charge on any atom is 0.320 e. The number of fused-ring (bicyclic) bond motifs is 1. The van der Waals surface area contributed by atoms with Crippen molar-refractivity contribution in [1.29, 1.82) is 0 Å². The Labute approximate surface area is 140 Å². The van der Waals surface area contributed by atoms with Crippen molar-refractivity contribution in [2.45, 2.75) is 30.7 Å². The van der Waals surface area contributed by atoms with E-state index < -0.39 is 21.9 Å². The third kappa shape index (κ3) is 3.01. The summed E-state index contributed by atoms with van der Waals surface area (Å²) in [6.45, 7) is 0. The lowest BCUT2D eigenvalue weighted by atomic mass is 10.0. The second-order valence-corrected chi connectivity index (χ2v) is 8.41. The lowest BCUT2D eigenvalue weighted by Gasteiger charge is -2.26. The first-order valence-corrected chi connectivity index (χ1v) is 9.73. The van der Waals surface area contributed by atoms with Gasteiger partial charge in [-0.3, -0.25) is 5.32 Å². The van der Waals surface area contributed by atoms with E-state index in [1.54, 1.807) is 23.0 Å². The predicted molar refractivity (Wildman–Crippen MR) is 89.3 cm³/mol. The lowest BCUT2D eigenvalue weighted by molar-refractivity contribution is 0.249. The SMILES string of the molecule is O=C(Nc1ccnn1C1CC1)NC1CS(=O)(=O)Cc2ccccc21. The van der Waals surface area contributed by atoms with Crippen molar-refractivity contribution < 1.29 is 13.2 Å². The molecule has 1 aromatic heterocycles. The van der Waals surface area contributed by atoms with Crippen LogP contribution in [0.4, 0.5) is 10.6 Å². The molecule has 2 amide bonds. The van der Waals surface area contributed by atoms with E-state index in [-0.39, 0.29) is 11.5 Å². The summed E-state index contributed by atoms with van der Waals surface area (Å²) in [5, 5.41) is 9.77. The van der Waals surface area contributed by atoms with Crippen LogP contribution in [0.2, 0.25) is 0 Å². The number of aromatic nitrogens is 2. The maximum absolute atomic E-state index is 12.3. The monoisotopic (exact) mass is 346 g/mol. The van der Waals surface area contributed by atoms with Gasteiger partial charge in [-0.25, -0.2) is 17.9 Å². The van der Waals surface area contributed by atoms with Crippen molar-refractivity contribution in [2.75, 3.05) is 11.1 Å². The molecule has 8 heteroatoms. The Morgan fingerprint density at radius 1 is 1.21 bits per heavy atom. The molecule has 2 N–H and O–H groups in total. The van der Waals surface area contributed by atoms with Gasteiger partial charge in [-0.2, -0.15) is 5.10 Å². The Bertz CT molecular complexity index is 886. The maximum atomic E-state index is 12.3. The van der Waals surface area contributed by atoms with Crippen LogP contribution in [0.1, 0.15) is 36.1 Å². The zero-order valence-electron chi connectivity index (χ0n) is 13.0. The molecule has 24 heavy (non-hydrogen) atoms. The Morgan fingerprint density at radius 2 is 2.00 bits per heavy atom. The summed E-state index contributed by atoms with van der Waals surface area (Å²) in [6, 6.07) is 8.45. The first-order valence-electron chi connectivity index (χ1n) is 7.91. The molecule has 126 valence electrons. The Balaban J connectivity index is 1.52. The summed E-state index contributed by atoms with van der Waals surface area (Å²) in [5.74, 6) is 0.568. The molecule has 1 unspecified atom stereocenters. The van der Waals surface area contributed by atoms with E-state index in [0.717, 1.165) is 24.0 Å². The summed E-state index contributed by atoms with van der Waals surface area (Å²) in [5.41, 5.74) is 1.61. The number of hydrogen-bond donors (Lipinski definition) is 2. The Hall–Kier alpha value is -2.35. The fraction of sp³-hybridized carbons (Fsp3) is 0.375. The second kappa shape index (κ2) is 5.62. The number of hydrogen-bond acceptors (Lipinski definition) is 4. The average Bonchev–Trinajstić information content (AvgIpc) is 3.26. The van der Waals surface area contributed by atoms with Gasteiger partial charge >= 0.3 is 6.03 Å². The van der Waals surface area contributed by atoms with Crippen molar-refractivity contribution >= 4 is 21.7 Å². The average molecular weight is 346 g/mol. The highest BCUT2D eigenvalue weighted by molar-refractivity contribution is 7.90. The van der Waals surface area contributed by atoms with Crippen LogP contribution in [0.15, 0.2) is 36.5 Å². The smallest absolute Gasteiger partial charge is 0.320 e. The van der Waals surface area contributed by atoms with Crippen molar-refractivity contribution in [1.82, 2.24) is 15.1 Å². The van der Waals surface area contributed by atoms with Crippen LogP contribution in [-0.4, -0.2) is 30.0 Å². The van der Waals surface area contributed by atoms with Gasteiger partial charge in [0.1, 0.15) is 5.82 Å². The van der Waals surface area contributed by atoms with E-state index in [1.165, 1.54) is 0 Å². The minimum Gasteiger partial charge on any atom is -0.330 e. The molecule has 1 fully saturated rings. The third-order valence-corrected chi connectivity index (χ3v) is 5.93. The van der Waals surface area contributed by atoms with Crippen LogP contribution in [0.25, 0.3) is 0 Å². The molecule has 2 aromatic rings. The number of anilines is 1.